The second kappa shape index (κ2) is 3.45. The number of carbonyl (C=O) groups excluding carboxylic acids is 2. The normalized spacial score (nSPS) is 17.7. The van der Waals surface area contributed by atoms with Crippen molar-refractivity contribution >= 4 is 23.7 Å². The van der Waals surface area contributed by atoms with Gasteiger partial charge in [-0.05, 0) is 23.8 Å². The van der Waals surface area contributed by atoms with Crippen LogP contribution in [0, 0.1) is 0 Å². The van der Waals surface area contributed by atoms with Crippen LogP contribution in [0.2, 0.25) is 0 Å². The Morgan fingerprint density at radius 2 is 1.73 bits per heavy atom. The largest absolute Gasteiger partial charge is 0.399 e. The van der Waals surface area contributed by atoms with Crippen molar-refractivity contribution in [1.82, 2.24) is 10.6 Å². The molecule has 0 bridgehead atoms. The third-order valence-corrected chi connectivity index (χ3v) is 1.97. The van der Waals surface area contributed by atoms with Gasteiger partial charge < -0.3 is 11.1 Å². The van der Waals surface area contributed by atoms with Crippen LogP contribution in [-0.2, 0) is 4.79 Å². The van der Waals surface area contributed by atoms with Crippen molar-refractivity contribution in [2.75, 3.05) is 5.73 Å². The van der Waals surface area contributed by atoms with Crippen molar-refractivity contribution in [2.24, 2.45) is 0 Å². The van der Waals surface area contributed by atoms with E-state index in [1.807, 2.05) is 0 Å². The Morgan fingerprint density at radius 1 is 1.07 bits per heavy atom. The zero-order valence-corrected chi connectivity index (χ0v) is 7.78. The molecule has 0 radical (unpaired) electrons. The summed E-state index contributed by atoms with van der Waals surface area (Å²) in [5.74, 6) is -0.420. The van der Waals surface area contributed by atoms with Gasteiger partial charge in [0.25, 0.3) is 5.91 Å². The number of amides is 3. The van der Waals surface area contributed by atoms with E-state index in [2.05, 4.69) is 10.6 Å². The summed E-state index contributed by atoms with van der Waals surface area (Å²) < 4.78 is 0. The van der Waals surface area contributed by atoms with Gasteiger partial charge in [0.2, 0.25) is 0 Å². The van der Waals surface area contributed by atoms with Crippen molar-refractivity contribution < 1.29 is 9.59 Å². The number of imide groups is 1. The molecular weight excluding hydrogens is 194 g/mol. The molecule has 4 N–H and O–H groups in total. The number of nitrogens with one attached hydrogen (secondary N) is 2. The monoisotopic (exact) mass is 203 g/mol. The van der Waals surface area contributed by atoms with Gasteiger partial charge >= 0.3 is 6.03 Å². The number of nitrogens with two attached hydrogens (primary N) is 1. The first-order chi connectivity index (χ1) is 7.15. The number of benzene rings is 1. The molecule has 5 nitrogen and oxygen atoms in total. The predicted octanol–water partition coefficient (Wildman–Crippen LogP) is 0.449. The van der Waals surface area contributed by atoms with Crippen LogP contribution in [0.4, 0.5) is 10.5 Å². The summed E-state index contributed by atoms with van der Waals surface area (Å²) >= 11 is 0. The van der Waals surface area contributed by atoms with Crippen LogP contribution in [0.25, 0.3) is 6.08 Å². The Morgan fingerprint density at radius 3 is 2.27 bits per heavy atom. The summed E-state index contributed by atoms with van der Waals surface area (Å²) in [5.41, 5.74) is 7.21. The van der Waals surface area contributed by atoms with Crippen LogP contribution in [0.1, 0.15) is 5.56 Å². The van der Waals surface area contributed by atoms with Crippen molar-refractivity contribution in [3.8, 4) is 0 Å². The number of urea groups is 1. The van der Waals surface area contributed by atoms with Gasteiger partial charge in [-0.25, -0.2) is 4.79 Å². The van der Waals surface area contributed by atoms with Crippen molar-refractivity contribution in [3.05, 3.63) is 35.5 Å². The molecule has 1 aliphatic rings. The van der Waals surface area contributed by atoms with E-state index in [9.17, 15) is 9.59 Å². The van der Waals surface area contributed by atoms with E-state index in [0.29, 0.717) is 5.69 Å². The Balaban J connectivity index is 2.27. The molecule has 0 atom stereocenters. The van der Waals surface area contributed by atoms with E-state index in [1.165, 1.54) is 0 Å². The molecule has 1 aromatic rings. The SMILES string of the molecule is Nc1ccc(/C=C2/NC(=O)NC2=O)cc1. The van der Waals surface area contributed by atoms with Gasteiger partial charge in [0.1, 0.15) is 5.70 Å². The lowest BCUT2D eigenvalue weighted by Crippen LogP contribution is -2.22. The molecule has 0 aromatic heterocycles. The number of hydrogen-bond acceptors (Lipinski definition) is 3. The predicted molar refractivity (Wildman–Crippen MR) is 55.5 cm³/mol. The zero-order valence-electron chi connectivity index (χ0n) is 7.78. The molecule has 5 heteroatoms. The molecule has 0 saturated carbocycles. The summed E-state index contributed by atoms with van der Waals surface area (Å²) in [6.07, 6.45) is 1.58. The first-order valence-electron chi connectivity index (χ1n) is 4.35. The highest BCUT2D eigenvalue weighted by Gasteiger charge is 2.22. The Labute approximate surface area is 86.0 Å². The van der Waals surface area contributed by atoms with E-state index in [0.717, 1.165) is 5.56 Å². The minimum absolute atomic E-state index is 0.241. The zero-order chi connectivity index (χ0) is 10.8. The summed E-state index contributed by atoms with van der Waals surface area (Å²) in [6.45, 7) is 0. The van der Waals surface area contributed by atoms with Crippen molar-refractivity contribution in [3.63, 3.8) is 0 Å². The fourth-order valence-corrected chi connectivity index (χ4v) is 1.24. The Hall–Kier alpha value is -2.30. The van der Waals surface area contributed by atoms with Gasteiger partial charge in [-0.15, -0.1) is 0 Å². The highest BCUT2D eigenvalue weighted by atomic mass is 16.2. The summed E-state index contributed by atoms with van der Waals surface area (Å²) in [7, 11) is 0. The lowest BCUT2D eigenvalue weighted by Gasteiger charge is -1.96. The molecule has 0 aliphatic carbocycles. The smallest absolute Gasteiger partial charge is 0.326 e. The second-order valence-corrected chi connectivity index (χ2v) is 3.13. The number of carbonyl (C=O) groups is 2. The van der Waals surface area contributed by atoms with E-state index in [-0.39, 0.29) is 5.70 Å². The minimum atomic E-state index is -0.498. The summed E-state index contributed by atoms with van der Waals surface area (Å²) in [6, 6.07) is 6.48. The summed E-state index contributed by atoms with van der Waals surface area (Å²) in [5, 5.41) is 4.51. The van der Waals surface area contributed by atoms with E-state index < -0.39 is 11.9 Å². The standard InChI is InChI=1S/C10H9N3O2/c11-7-3-1-6(2-4-7)5-8-9(14)13-10(15)12-8/h1-5H,11H2,(H2,12,13,14,15)/b8-5+. The van der Waals surface area contributed by atoms with E-state index in [4.69, 9.17) is 5.73 Å². The molecule has 0 spiro atoms. The molecule has 1 aliphatic heterocycles. The van der Waals surface area contributed by atoms with Crippen LogP contribution in [0.5, 0.6) is 0 Å². The molecule has 15 heavy (non-hydrogen) atoms. The Kier molecular flexibility index (Phi) is 2.13. The molecule has 1 saturated heterocycles. The average molecular weight is 203 g/mol. The first kappa shape index (κ1) is 9.26. The molecule has 0 unspecified atom stereocenters. The van der Waals surface area contributed by atoms with Crippen LogP contribution < -0.4 is 16.4 Å². The van der Waals surface area contributed by atoms with E-state index in [1.54, 1.807) is 30.3 Å². The van der Waals surface area contributed by atoms with Gasteiger partial charge in [0.15, 0.2) is 0 Å². The van der Waals surface area contributed by atoms with Gasteiger partial charge in [0.05, 0.1) is 0 Å². The molecule has 76 valence electrons. The maximum absolute atomic E-state index is 11.2. The third-order valence-electron chi connectivity index (χ3n) is 1.97. The second-order valence-electron chi connectivity index (χ2n) is 3.13. The van der Waals surface area contributed by atoms with Gasteiger partial charge in [-0.3, -0.25) is 10.1 Å². The number of rotatable bonds is 1. The Bertz CT molecular complexity index is 448. The van der Waals surface area contributed by atoms with Crippen LogP contribution in [-0.4, -0.2) is 11.9 Å². The highest BCUT2D eigenvalue weighted by molar-refractivity contribution is 6.13. The van der Waals surface area contributed by atoms with Crippen LogP contribution >= 0.6 is 0 Å². The molecule has 3 amide bonds. The van der Waals surface area contributed by atoms with Crippen molar-refractivity contribution in [2.45, 2.75) is 0 Å². The highest BCUT2D eigenvalue weighted by Crippen LogP contribution is 2.10. The number of nitrogen functional groups attached to an aromatic ring is 1. The van der Waals surface area contributed by atoms with Gasteiger partial charge in [-0.1, -0.05) is 12.1 Å². The average Bonchev–Trinajstić information content (AvgIpc) is 2.49. The maximum atomic E-state index is 11.2. The quantitative estimate of drug-likeness (QED) is 0.352. The lowest BCUT2D eigenvalue weighted by molar-refractivity contribution is -0.115. The van der Waals surface area contributed by atoms with Gasteiger partial charge in [0, 0.05) is 5.69 Å². The third kappa shape index (κ3) is 1.96. The minimum Gasteiger partial charge on any atom is -0.399 e. The fraction of sp³-hybridized carbons (Fsp3) is 0. The fourth-order valence-electron chi connectivity index (χ4n) is 1.24. The molecule has 2 rings (SSSR count). The van der Waals surface area contributed by atoms with Gasteiger partial charge in [-0.2, -0.15) is 0 Å². The van der Waals surface area contributed by atoms with E-state index >= 15 is 0 Å². The van der Waals surface area contributed by atoms with Crippen LogP contribution in [0.15, 0.2) is 30.0 Å². The summed E-state index contributed by atoms with van der Waals surface area (Å²) in [4.78, 5) is 22.0. The maximum Gasteiger partial charge on any atom is 0.326 e. The lowest BCUT2D eigenvalue weighted by atomic mass is 10.2. The molecule has 1 aromatic carbocycles. The van der Waals surface area contributed by atoms with Crippen LogP contribution in [0.3, 0.4) is 0 Å². The topological polar surface area (TPSA) is 84.2 Å². The number of anilines is 1. The number of hydrogen-bond donors (Lipinski definition) is 3. The molecule has 1 fully saturated rings. The van der Waals surface area contributed by atoms with Crippen molar-refractivity contribution in [1.29, 1.82) is 0 Å². The molecule has 1 heterocycles. The molecular formula is C10H9N3O2. The first-order valence-corrected chi connectivity index (χ1v) is 4.35.